The molecule has 1 atom stereocenters. The number of para-hydroxylation sites is 1. The summed E-state index contributed by atoms with van der Waals surface area (Å²) >= 11 is 0. The van der Waals surface area contributed by atoms with E-state index in [2.05, 4.69) is 10.6 Å². The van der Waals surface area contributed by atoms with Crippen molar-refractivity contribution in [2.75, 3.05) is 23.7 Å². The summed E-state index contributed by atoms with van der Waals surface area (Å²) in [5.74, 6) is 0.384. The van der Waals surface area contributed by atoms with E-state index in [0.717, 1.165) is 0 Å². The topological polar surface area (TPSA) is 87.4 Å². The van der Waals surface area contributed by atoms with Gasteiger partial charge in [-0.05, 0) is 31.4 Å². The second-order valence-corrected chi connectivity index (χ2v) is 5.15. The third kappa shape index (κ3) is 4.70. The van der Waals surface area contributed by atoms with E-state index in [9.17, 15) is 15.2 Å². The van der Waals surface area contributed by atoms with Crippen LogP contribution in [-0.4, -0.2) is 29.2 Å². The third-order valence-corrected chi connectivity index (χ3v) is 2.86. The minimum absolute atomic E-state index is 0.0195. The number of nitro benzene ring substituents is 1. The molecule has 1 unspecified atom stereocenters. The lowest BCUT2D eigenvalue weighted by atomic mass is 10.1. The van der Waals surface area contributed by atoms with E-state index >= 15 is 0 Å². The number of aliphatic hydroxyl groups is 1. The highest BCUT2D eigenvalue weighted by Gasteiger charge is 2.19. The van der Waals surface area contributed by atoms with Crippen molar-refractivity contribution in [2.45, 2.75) is 33.3 Å². The van der Waals surface area contributed by atoms with Gasteiger partial charge in [0.1, 0.15) is 11.4 Å². The average molecular weight is 281 g/mol. The molecule has 1 rings (SSSR count). The number of hydrogen-bond donors (Lipinski definition) is 3. The van der Waals surface area contributed by atoms with Crippen LogP contribution < -0.4 is 10.6 Å². The molecule has 0 aliphatic carbocycles. The fraction of sp³-hybridized carbons (Fsp3) is 0.571. The Bertz CT molecular complexity index is 449. The first-order chi connectivity index (χ1) is 9.45. The van der Waals surface area contributed by atoms with Gasteiger partial charge in [-0.1, -0.05) is 19.9 Å². The van der Waals surface area contributed by atoms with Gasteiger partial charge in [-0.25, -0.2) is 0 Å². The summed E-state index contributed by atoms with van der Waals surface area (Å²) in [7, 11) is 0. The first-order valence-electron chi connectivity index (χ1n) is 6.88. The van der Waals surface area contributed by atoms with Gasteiger partial charge < -0.3 is 15.7 Å². The maximum absolute atomic E-state index is 11.2. The maximum Gasteiger partial charge on any atom is 0.315 e. The number of nitrogens with zero attached hydrogens (tertiary/aromatic N) is 1. The first-order valence-corrected chi connectivity index (χ1v) is 6.88. The molecular weight excluding hydrogens is 258 g/mol. The molecule has 0 fully saturated rings. The monoisotopic (exact) mass is 281 g/mol. The van der Waals surface area contributed by atoms with Crippen molar-refractivity contribution >= 4 is 17.1 Å². The fourth-order valence-electron chi connectivity index (χ4n) is 2.07. The van der Waals surface area contributed by atoms with Crippen molar-refractivity contribution in [3.63, 3.8) is 0 Å². The van der Waals surface area contributed by atoms with Crippen LogP contribution in [0.25, 0.3) is 0 Å². The quantitative estimate of drug-likeness (QED) is 0.504. The second kappa shape index (κ2) is 7.69. The number of nitrogens with one attached hydrogen (secondary N) is 2. The number of benzene rings is 1. The maximum atomic E-state index is 11.2. The molecule has 0 heterocycles. The van der Waals surface area contributed by atoms with Crippen molar-refractivity contribution in [3.05, 3.63) is 28.3 Å². The summed E-state index contributed by atoms with van der Waals surface area (Å²) in [4.78, 5) is 10.8. The van der Waals surface area contributed by atoms with Gasteiger partial charge in [0.25, 0.3) is 0 Å². The standard InChI is InChI=1S/C14H23N3O3/c1-4-15-12-6-5-7-13(14(12)17(19)20)16-9-11(18)8-10(2)3/h5-7,10-11,15-16,18H,4,8-9H2,1-3H3. The van der Waals surface area contributed by atoms with Crippen LogP contribution in [0.1, 0.15) is 27.2 Å². The molecule has 0 bridgehead atoms. The van der Waals surface area contributed by atoms with E-state index in [4.69, 9.17) is 0 Å². The van der Waals surface area contributed by atoms with Crippen LogP contribution in [0.4, 0.5) is 17.1 Å². The van der Waals surface area contributed by atoms with Crippen LogP contribution >= 0.6 is 0 Å². The van der Waals surface area contributed by atoms with E-state index < -0.39 is 11.0 Å². The molecule has 20 heavy (non-hydrogen) atoms. The van der Waals surface area contributed by atoms with Crippen molar-refractivity contribution < 1.29 is 10.0 Å². The lowest BCUT2D eigenvalue weighted by molar-refractivity contribution is -0.383. The first kappa shape index (κ1) is 16.2. The van der Waals surface area contributed by atoms with Crippen LogP contribution in [0, 0.1) is 16.0 Å². The van der Waals surface area contributed by atoms with Crippen molar-refractivity contribution in [1.29, 1.82) is 0 Å². The molecule has 0 saturated heterocycles. The van der Waals surface area contributed by atoms with Gasteiger partial charge in [-0.3, -0.25) is 10.1 Å². The third-order valence-electron chi connectivity index (χ3n) is 2.86. The van der Waals surface area contributed by atoms with Crippen molar-refractivity contribution in [2.24, 2.45) is 5.92 Å². The van der Waals surface area contributed by atoms with E-state index in [1.165, 1.54) is 0 Å². The SMILES string of the molecule is CCNc1cccc(NCC(O)CC(C)C)c1[N+](=O)[O-]. The molecule has 0 aliphatic heterocycles. The minimum atomic E-state index is -0.516. The zero-order chi connectivity index (χ0) is 15.1. The second-order valence-electron chi connectivity index (χ2n) is 5.15. The predicted molar refractivity (Wildman–Crippen MR) is 81.2 cm³/mol. The molecule has 3 N–H and O–H groups in total. The summed E-state index contributed by atoms with van der Waals surface area (Å²) in [5, 5.41) is 27.0. The zero-order valence-electron chi connectivity index (χ0n) is 12.2. The average Bonchev–Trinajstić information content (AvgIpc) is 2.35. The lowest BCUT2D eigenvalue weighted by Crippen LogP contribution is -2.21. The van der Waals surface area contributed by atoms with E-state index in [1.54, 1.807) is 18.2 Å². The van der Waals surface area contributed by atoms with Crippen LogP contribution in [0.15, 0.2) is 18.2 Å². The Morgan fingerprint density at radius 2 is 1.90 bits per heavy atom. The Hall–Kier alpha value is -1.82. The Labute approximate surface area is 119 Å². The number of anilines is 2. The summed E-state index contributed by atoms with van der Waals surface area (Å²) < 4.78 is 0. The smallest absolute Gasteiger partial charge is 0.315 e. The highest BCUT2D eigenvalue weighted by molar-refractivity contribution is 5.76. The van der Waals surface area contributed by atoms with E-state index in [1.807, 2.05) is 20.8 Å². The van der Waals surface area contributed by atoms with Crippen LogP contribution in [0.3, 0.4) is 0 Å². The molecule has 0 amide bonds. The molecule has 1 aromatic rings. The summed E-state index contributed by atoms with van der Waals surface area (Å²) in [5.41, 5.74) is 0.934. The Kier molecular flexibility index (Phi) is 6.24. The zero-order valence-corrected chi connectivity index (χ0v) is 12.2. The van der Waals surface area contributed by atoms with E-state index in [0.29, 0.717) is 36.8 Å². The number of aliphatic hydroxyl groups excluding tert-OH is 1. The van der Waals surface area contributed by atoms with Gasteiger partial charge in [-0.2, -0.15) is 0 Å². The van der Waals surface area contributed by atoms with Gasteiger partial charge in [0.2, 0.25) is 0 Å². The molecular formula is C14H23N3O3. The van der Waals surface area contributed by atoms with Crippen LogP contribution in [0.5, 0.6) is 0 Å². The lowest BCUT2D eigenvalue weighted by Gasteiger charge is -2.15. The van der Waals surface area contributed by atoms with Gasteiger partial charge in [0.15, 0.2) is 0 Å². The fourth-order valence-corrected chi connectivity index (χ4v) is 2.07. The molecule has 0 radical (unpaired) electrons. The number of nitro groups is 1. The summed E-state index contributed by atoms with van der Waals surface area (Å²) in [6, 6.07) is 5.08. The van der Waals surface area contributed by atoms with Crippen molar-refractivity contribution in [1.82, 2.24) is 0 Å². The highest BCUT2D eigenvalue weighted by atomic mass is 16.6. The molecule has 112 valence electrons. The van der Waals surface area contributed by atoms with E-state index in [-0.39, 0.29) is 5.69 Å². The van der Waals surface area contributed by atoms with Gasteiger partial charge in [0, 0.05) is 13.1 Å². The highest BCUT2D eigenvalue weighted by Crippen LogP contribution is 2.32. The van der Waals surface area contributed by atoms with Gasteiger partial charge in [0.05, 0.1) is 11.0 Å². The Balaban J connectivity index is 2.83. The van der Waals surface area contributed by atoms with Crippen LogP contribution in [0.2, 0.25) is 0 Å². The number of rotatable bonds is 8. The summed E-state index contributed by atoms with van der Waals surface area (Å²) in [6.07, 6.45) is 0.144. The van der Waals surface area contributed by atoms with Crippen molar-refractivity contribution in [3.8, 4) is 0 Å². The van der Waals surface area contributed by atoms with Crippen LogP contribution in [-0.2, 0) is 0 Å². The number of hydrogen-bond acceptors (Lipinski definition) is 5. The Morgan fingerprint density at radius 1 is 1.30 bits per heavy atom. The normalized spacial score (nSPS) is 12.2. The summed E-state index contributed by atoms with van der Waals surface area (Å²) in [6.45, 7) is 6.85. The van der Waals surface area contributed by atoms with Gasteiger partial charge >= 0.3 is 5.69 Å². The molecule has 0 aliphatic rings. The molecule has 1 aromatic carbocycles. The minimum Gasteiger partial charge on any atom is -0.391 e. The molecule has 0 spiro atoms. The molecule has 6 heteroatoms. The molecule has 6 nitrogen and oxygen atoms in total. The largest absolute Gasteiger partial charge is 0.391 e. The predicted octanol–water partition coefficient (Wildman–Crippen LogP) is 2.85. The molecule has 0 saturated carbocycles. The molecule has 0 aromatic heterocycles. The Morgan fingerprint density at radius 3 is 2.40 bits per heavy atom. The van der Waals surface area contributed by atoms with Gasteiger partial charge in [-0.15, -0.1) is 0 Å².